The first-order valence-corrected chi connectivity index (χ1v) is 15.0. The lowest BCUT2D eigenvalue weighted by Crippen LogP contribution is -2.51. The van der Waals surface area contributed by atoms with Crippen molar-refractivity contribution in [1.82, 2.24) is 10.2 Å². The predicted octanol–water partition coefficient (Wildman–Crippen LogP) is 4.16. The second-order valence-electron chi connectivity index (χ2n) is 9.70. The van der Waals surface area contributed by atoms with Crippen LogP contribution < -0.4 is 23.8 Å². The Kier molecular flexibility index (Phi) is 11.2. The van der Waals surface area contributed by atoms with E-state index in [1.165, 1.54) is 37.3 Å². The molecule has 0 radical (unpaired) electrons. The minimum Gasteiger partial charge on any atom is -0.497 e. The molecule has 226 valence electrons. The molecule has 2 amide bonds. The number of nitrogens with zero attached hydrogens (tertiary/aromatic N) is 2. The molecular weight excluding hydrogens is 558 g/mol. The number of rotatable bonds is 14. The van der Waals surface area contributed by atoms with Gasteiger partial charge >= 0.3 is 0 Å². The summed E-state index contributed by atoms with van der Waals surface area (Å²) in [6, 6.07) is 17.3. The summed E-state index contributed by atoms with van der Waals surface area (Å²) in [5.41, 5.74) is 1.75. The topological polar surface area (TPSA) is 114 Å². The van der Waals surface area contributed by atoms with Gasteiger partial charge < -0.3 is 24.4 Å². The van der Waals surface area contributed by atoms with Crippen LogP contribution in [0.15, 0.2) is 71.6 Å². The highest BCUT2D eigenvalue weighted by atomic mass is 32.2. The molecule has 1 atom stereocenters. The number of sulfonamides is 1. The van der Waals surface area contributed by atoms with Gasteiger partial charge in [0.25, 0.3) is 10.0 Å². The van der Waals surface area contributed by atoms with Crippen molar-refractivity contribution in [2.24, 2.45) is 0 Å². The van der Waals surface area contributed by atoms with Crippen molar-refractivity contribution >= 4 is 27.5 Å². The smallest absolute Gasteiger partial charge is 0.264 e. The van der Waals surface area contributed by atoms with Crippen molar-refractivity contribution in [2.45, 2.75) is 44.7 Å². The second kappa shape index (κ2) is 14.6. The number of carbonyl (C=O) groups excluding carboxylic acids is 2. The van der Waals surface area contributed by atoms with Gasteiger partial charge in [0.1, 0.15) is 29.8 Å². The second-order valence-corrected chi connectivity index (χ2v) is 11.6. The van der Waals surface area contributed by atoms with Crippen LogP contribution in [0.3, 0.4) is 0 Å². The minimum absolute atomic E-state index is 0.00112. The number of hydrogen-bond donors (Lipinski definition) is 1. The summed E-state index contributed by atoms with van der Waals surface area (Å²) < 4.78 is 45.3. The first kappa shape index (κ1) is 32.3. The Labute approximate surface area is 248 Å². The number of aryl methyl sites for hydroxylation is 1. The van der Waals surface area contributed by atoms with Crippen LogP contribution in [0.4, 0.5) is 5.69 Å². The van der Waals surface area contributed by atoms with Gasteiger partial charge in [0.15, 0.2) is 0 Å². The Morgan fingerprint density at radius 3 is 2.07 bits per heavy atom. The highest BCUT2D eigenvalue weighted by Crippen LogP contribution is 2.36. The SMILES string of the molecule is CCCNC(=O)C(C)N(Cc1ccc(OC)cc1)C(=O)CN(c1cc(OC)ccc1OC)S(=O)(=O)c1ccc(C)cc1. The van der Waals surface area contributed by atoms with Crippen LogP contribution in [0.1, 0.15) is 31.4 Å². The van der Waals surface area contributed by atoms with E-state index >= 15 is 0 Å². The van der Waals surface area contributed by atoms with Crippen LogP contribution in [0.2, 0.25) is 0 Å². The molecule has 0 aliphatic heterocycles. The summed E-state index contributed by atoms with van der Waals surface area (Å²) in [5, 5.41) is 2.83. The van der Waals surface area contributed by atoms with Gasteiger partial charge in [-0.2, -0.15) is 0 Å². The maximum absolute atomic E-state index is 14.1. The van der Waals surface area contributed by atoms with E-state index in [0.29, 0.717) is 18.0 Å². The van der Waals surface area contributed by atoms with Crippen LogP contribution in [0.25, 0.3) is 0 Å². The molecular formula is C31H39N3O7S. The van der Waals surface area contributed by atoms with Crippen LogP contribution in [-0.2, 0) is 26.2 Å². The Morgan fingerprint density at radius 1 is 0.881 bits per heavy atom. The van der Waals surface area contributed by atoms with Crippen molar-refractivity contribution in [1.29, 1.82) is 0 Å². The zero-order chi connectivity index (χ0) is 30.9. The zero-order valence-electron chi connectivity index (χ0n) is 24.9. The molecule has 42 heavy (non-hydrogen) atoms. The molecule has 0 fully saturated rings. The fourth-order valence-corrected chi connectivity index (χ4v) is 5.67. The van der Waals surface area contributed by atoms with Crippen molar-refractivity contribution in [3.63, 3.8) is 0 Å². The number of hydrogen-bond acceptors (Lipinski definition) is 7. The molecule has 0 saturated carbocycles. The average molecular weight is 598 g/mol. The summed E-state index contributed by atoms with van der Waals surface area (Å²) in [5.74, 6) is 0.335. The van der Waals surface area contributed by atoms with Gasteiger partial charge in [-0.3, -0.25) is 13.9 Å². The van der Waals surface area contributed by atoms with E-state index in [9.17, 15) is 18.0 Å². The maximum Gasteiger partial charge on any atom is 0.264 e. The molecule has 0 aliphatic carbocycles. The molecule has 11 heteroatoms. The molecule has 0 heterocycles. The quantitative estimate of drug-likeness (QED) is 0.297. The maximum atomic E-state index is 14.1. The number of amides is 2. The summed E-state index contributed by atoms with van der Waals surface area (Å²) in [4.78, 5) is 28.5. The number of nitrogens with one attached hydrogen (secondary N) is 1. The standard InChI is InChI=1S/C31H39N3O7S/c1-7-18-32-31(36)23(3)33(20-24-10-12-25(39-4)13-11-24)30(35)21-34(28-19-26(40-5)14-17-29(28)41-6)42(37,38)27-15-8-22(2)9-16-27/h8-17,19,23H,7,18,20-21H2,1-6H3,(H,32,36). The Morgan fingerprint density at radius 2 is 1.50 bits per heavy atom. The average Bonchev–Trinajstić information content (AvgIpc) is 3.00. The van der Waals surface area contributed by atoms with Gasteiger partial charge in [-0.1, -0.05) is 36.8 Å². The van der Waals surface area contributed by atoms with E-state index in [0.717, 1.165) is 21.9 Å². The molecule has 0 saturated heterocycles. The zero-order valence-corrected chi connectivity index (χ0v) is 25.7. The van der Waals surface area contributed by atoms with Crippen LogP contribution in [-0.4, -0.2) is 65.6 Å². The number of carbonyl (C=O) groups is 2. The van der Waals surface area contributed by atoms with Crippen LogP contribution >= 0.6 is 0 Å². The Balaban J connectivity index is 2.10. The van der Waals surface area contributed by atoms with E-state index < -0.39 is 28.5 Å². The first-order valence-electron chi connectivity index (χ1n) is 13.6. The summed E-state index contributed by atoms with van der Waals surface area (Å²) >= 11 is 0. The minimum atomic E-state index is -4.27. The number of ether oxygens (including phenoxy) is 3. The highest BCUT2D eigenvalue weighted by molar-refractivity contribution is 7.92. The van der Waals surface area contributed by atoms with E-state index in [-0.39, 0.29) is 28.8 Å². The summed E-state index contributed by atoms with van der Waals surface area (Å²) in [6.45, 7) is 5.32. The highest BCUT2D eigenvalue weighted by Gasteiger charge is 2.34. The molecule has 0 aliphatic rings. The molecule has 10 nitrogen and oxygen atoms in total. The van der Waals surface area contributed by atoms with Gasteiger partial charge in [0.2, 0.25) is 11.8 Å². The predicted molar refractivity (Wildman–Crippen MR) is 162 cm³/mol. The van der Waals surface area contributed by atoms with E-state index in [1.54, 1.807) is 62.6 Å². The largest absolute Gasteiger partial charge is 0.497 e. The Hall–Kier alpha value is -4.25. The number of anilines is 1. The van der Waals surface area contributed by atoms with Gasteiger partial charge in [0.05, 0.1) is 31.9 Å². The van der Waals surface area contributed by atoms with Gasteiger partial charge in [-0.05, 0) is 62.2 Å². The third-order valence-corrected chi connectivity index (χ3v) is 8.55. The van der Waals surface area contributed by atoms with E-state index in [4.69, 9.17) is 14.2 Å². The van der Waals surface area contributed by atoms with Crippen molar-refractivity contribution < 1.29 is 32.2 Å². The van der Waals surface area contributed by atoms with Crippen molar-refractivity contribution in [3.8, 4) is 17.2 Å². The number of benzene rings is 3. The normalized spacial score (nSPS) is 11.8. The van der Waals surface area contributed by atoms with E-state index in [1.807, 2.05) is 13.8 Å². The van der Waals surface area contributed by atoms with Gasteiger partial charge in [-0.15, -0.1) is 0 Å². The lowest BCUT2D eigenvalue weighted by molar-refractivity contribution is -0.139. The molecule has 1 N–H and O–H groups in total. The van der Waals surface area contributed by atoms with Crippen LogP contribution in [0.5, 0.6) is 17.2 Å². The molecule has 3 rings (SSSR count). The van der Waals surface area contributed by atoms with Crippen molar-refractivity contribution in [2.75, 3.05) is 38.7 Å². The van der Waals surface area contributed by atoms with Gasteiger partial charge in [0, 0.05) is 19.2 Å². The summed E-state index contributed by atoms with van der Waals surface area (Å²) in [7, 11) is 0.168. The molecule has 3 aromatic rings. The lowest BCUT2D eigenvalue weighted by atomic mass is 10.1. The third-order valence-electron chi connectivity index (χ3n) is 6.77. The molecule has 0 spiro atoms. The monoisotopic (exact) mass is 597 g/mol. The molecule has 0 aromatic heterocycles. The lowest BCUT2D eigenvalue weighted by Gasteiger charge is -2.32. The van der Waals surface area contributed by atoms with Crippen LogP contribution in [0, 0.1) is 6.92 Å². The molecule has 3 aromatic carbocycles. The fraction of sp³-hybridized carbons (Fsp3) is 0.355. The number of methoxy groups -OCH3 is 3. The van der Waals surface area contributed by atoms with E-state index in [2.05, 4.69) is 5.32 Å². The first-order chi connectivity index (χ1) is 20.0. The van der Waals surface area contributed by atoms with Crippen molar-refractivity contribution in [3.05, 3.63) is 77.9 Å². The fourth-order valence-electron chi connectivity index (χ4n) is 4.25. The third kappa shape index (κ3) is 7.73. The van der Waals surface area contributed by atoms with Gasteiger partial charge in [-0.25, -0.2) is 8.42 Å². The molecule has 1 unspecified atom stereocenters. The Bertz CT molecular complexity index is 1460. The molecule has 0 bridgehead atoms. The summed E-state index contributed by atoms with van der Waals surface area (Å²) in [6.07, 6.45) is 0.725.